The molecule has 0 amide bonds. The van der Waals surface area contributed by atoms with Crippen molar-refractivity contribution in [2.24, 2.45) is 11.7 Å². The van der Waals surface area contributed by atoms with Crippen LogP contribution in [0.3, 0.4) is 0 Å². The van der Waals surface area contributed by atoms with E-state index in [0.29, 0.717) is 11.4 Å². The van der Waals surface area contributed by atoms with E-state index in [1.807, 2.05) is 0 Å². The fourth-order valence-electron chi connectivity index (χ4n) is 2.16. The van der Waals surface area contributed by atoms with Gasteiger partial charge >= 0.3 is 0 Å². The maximum atomic E-state index is 13.0. The molecule has 0 heterocycles. The zero-order valence-electron chi connectivity index (χ0n) is 8.75. The molecule has 1 saturated carbocycles. The standard InChI is InChI=1S/C12H13ClFNO/c13-11-4-2-8(14)6-10(11)12(16)7-1-3-9(15)5-7/h2,4,6-7,9H,1,3,5,15H2. The predicted molar refractivity (Wildman–Crippen MR) is 61.1 cm³/mol. The van der Waals surface area contributed by atoms with Crippen molar-refractivity contribution in [3.8, 4) is 0 Å². The molecule has 2 nitrogen and oxygen atoms in total. The summed E-state index contributed by atoms with van der Waals surface area (Å²) in [5, 5.41) is 0.312. The molecule has 1 fully saturated rings. The summed E-state index contributed by atoms with van der Waals surface area (Å²) in [5.74, 6) is -0.623. The molecule has 0 saturated heterocycles. The lowest BCUT2D eigenvalue weighted by molar-refractivity contribution is 0.0921. The van der Waals surface area contributed by atoms with Crippen LogP contribution in [0.15, 0.2) is 18.2 Å². The maximum Gasteiger partial charge on any atom is 0.167 e. The Balaban J connectivity index is 2.23. The summed E-state index contributed by atoms with van der Waals surface area (Å²) in [7, 11) is 0. The van der Waals surface area contributed by atoms with Crippen LogP contribution in [0.5, 0.6) is 0 Å². The minimum Gasteiger partial charge on any atom is -0.328 e. The van der Waals surface area contributed by atoms with E-state index in [4.69, 9.17) is 17.3 Å². The van der Waals surface area contributed by atoms with Crippen LogP contribution in [-0.4, -0.2) is 11.8 Å². The molecule has 1 aliphatic rings. The predicted octanol–water partition coefficient (Wildman–Crippen LogP) is 2.79. The average Bonchev–Trinajstić information content (AvgIpc) is 2.67. The highest BCUT2D eigenvalue weighted by atomic mass is 35.5. The first kappa shape index (κ1) is 11.6. The first-order valence-corrected chi connectivity index (χ1v) is 5.70. The largest absolute Gasteiger partial charge is 0.328 e. The van der Waals surface area contributed by atoms with E-state index >= 15 is 0 Å². The lowest BCUT2D eigenvalue weighted by Gasteiger charge is -2.09. The fourth-order valence-corrected chi connectivity index (χ4v) is 2.37. The third-order valence-corrected chi connectivity index (χ3v) is 3.37. The van der Waals surface area contributed by atoms with Gasteiger partial charge < -0.3 is 5.73 Å². The van der Waals surface area contributed by atoms with Crippen molar-refractivity contribution in [1.29, 1.82) is 0 Å². The summed E-state index contributed by atoms with van der Waals surface area (Å²) in [5.41, 5.74) is 6.03. The number of benzene rings is 1. The Morgan fingerprint density at radius 3 is 2.81 bits per heavy atom. The van der Waals surface area contributed by atoms with Crippen LogP contribution in [0.4, 0.5) is 4.39 Å². The Morgan fingerprint density at radius 1 is 1.44 bits per heavy atom. The van der Waals surface area contributed by atoms with Crippen molar-refractivity contribution < 1.29 is 9.18 Å². The van der Waals surface area contributed by atoms with Crippen LogP contribution in [-0.2, 0) is 0 Å². The summed E-state index contributed by atoms with van der Waals surface area (Å²) >= 11 is 5.89. The Labute approximate surface area is 98.6 Å². The first-order valence-electron chi connectivity index (χ1n) is 5.33. The van der Waals surface area contributed by atoms with Crippen molar-refractivity contribution in [3.05, 3.63) is 34.6 Å². The molecule has 2 rings (SSSR count). The Hall–Kier alpha value is -0.930. The number of carbonyl (C=O) groups excluding carboxylic acids is 1. The van der Waals surface area contributed by atoms with Crippen LogP contribution in [0.2, 0.25) is 5.02 Å². The van der Waals surface area contributed by atoms with Gasteiger partial charge in [-0.2, -0.15) is 0 Å². The van der Waals surface area contributed by atoms with E-state index in [1.54, 1.807) is 0 Å². The normalized spacial score (nSPS) is 24.7. The lowest BCUT2D eigenvalue weighted by atomic mass is 9.96. The van der Waals surface area contributed by atoms with Gasteiger partial charge in [0.15, 0.2) is 5.78 Å². The smallest absolute Gasteiger partial charge is 0.167 e. The van der Waals surface area contributed by atoms with Gasteiger partial charge in [0.25, 0.3) is 0 Å². The number of rotatable bonds is 2. The van der Waals surface area contributed by atoms with Crippen LogP contribution in [0, 0.1) is 11.7 Å². The van der Waals surface area contributed by atoms with Gasteiger partial charge in [-0.15, -0.1) is 0 Å². The van der Waals surface area contributed by atoms with Crippen LogP contribution in [0.25, 0.3) is 0 Å². The van der Waals surface area contributed by atoms with Crippen molar-refractivity contribution in [1.82, 2.24) is 0 Å². The quantitative estimate of drug-likeness (QED) is 0.809. The van der Waals surface area contributed by atoms with E-state index in [9.17, 15) is 9.18 Å². The molecule has 1 aromatic rings. The number of nitrogens with two attached hydrogens (primary N) is 1. The summed E-state index contributed by atoms with van der Waals surface area (Å²) in [6.07, 6.45) is 2.29. The van der Waals surface area contributed by atoms with Crippen molar-refractivity contribution >= 4 is 17.4 Å². The number of hydrogen-bond acceptors (Lipinski definition) is 2. The summed E-state index contributed by atoms with van der Waals surface area (Å²) < 4.78 is 13.0. The summed E-state index contributed by atoms with van der Waals surface area (Å²) in [6.45, 7) is 0. The zero-order chi connectivity index (χ0) is 11.7. The molecule has 0 bridgehead atoms. The SMILES string of the molecule is NC1CCC(C(=O)c2cc(F)ccc2Cl)C1. The van der Waals surface area contributed by atoms with Crippen LogP contribution < -0.4 is 5.73 Å². The molecule has 0 radical (unpaired) electrons. The van der Waals surface area contributed by atoms with Gasteiger partial charge in [-0.1, -0.05) is 11.6 Å². The van der Waals surface area contributed by atoms with Gasteiger partial charge in [-0.25, -0.2) is 4.39 Å². The first-order chi connectivity index (χ1) is 7.58. The summed E-state index contributed by atoms with van der Waals surface area (Å²) in [6, 6.07) is 3.95. The number of Topliss-reactive ketones (excluding diaryl/α,β-unsaturated/α-hetero) is 1. The highest BCUT2D eigenvalue weighted by Gasteiger charge is 2.29. The third-order valence-electron chi connectivity index (χ3n) is 3.04. The van der Waals surface area contributed by atoms with Gasteiger partial charge in [0.2, 0.25) is 0 Å². The second-order valence-corrected chi connectivity index (χ2v) is 4.67. The molecular weight excluding hydrogens is 229 g/mol. The number of carbonyl (C=O) groups is 1. The van der Waals surface area contributed by atoms with Gasteiger partial charge in [0.1, 0.15) is 5.82 Å². The molecule has 86 valence electrons. The molecule has 0 aliphatic heterocycles. The Bertz CT molecular complexity index is 421. The van der Waals surface area contributed by atoms with Gasteiger partial charge in [0.05, 0.1) is 5.02 Å². The molecule has 2 atom stereocenters. The molecule has 16 heavy (non-hydrogen) atoms. The molecule has 1 aromatic carbocycles. The Kier molecular flexibility index (Phi) is 3.26. The second-order valence-electron chi connectivity index (χ2n) is 4.26. The third kappa shape index (κ3) is 2.25. The molecule has 0 aromatic heterocycles. The Morgan fingerprint density at radius 2 is 2.19 bits per heavy atom. The number of ketones is 1. The topological polar surface area (TPSA) is 43.1 Å². The van der Waals surface area contributed by atoms with E-state index < -0.39 is 5.82 Å². The van der Waals surface area contributed by atoms with Crippen LogP contribution in [0.1, 0.15) is 29.6 Å². The summed E-state index contributed by atoms with van der Waals surface area (Å²) in [4.78, 5) is 12.1. The van der Waals surface area contributed by atoms with Crippen molar-refractivity contribution in [2.45, 2.75) is 25.3 Å². The van der Waals surface area contributed by atoms with Gasteiger partial charge in [-0.3, -0.25) is 4.79 Å². The van der Waals surface area contributed by atoms with E-state index in [0.717, 1.165) is 12.8 Å². The second kappa shape index (κ2) is 4.52. The molecule has 2 N–H and O–H groups in total. The van der Waals surface area contributed by atoms with Crippen LogP contribution >= 0.6 is 11.6 Å². The molecule has 1 aliphatic carbocycles. The highest BCUT2D eigenvalue weighted by molar-refractivity contribution is 6.34. The lowest BCUT2D eigenvalue weighted by Crippen LogP contribution is -2.18. The zero-order valence-corrected chi connectivity index (χ0v) is 9.51. The fraction of sp³-hybridized carbons (Fsp3) is 0.417. The molecule has 4 heteroatoms. The van der Waals surface area contributed by atoms with E-state index in [-0.39, 0.29) is 23.3 Å². The van der Waals surface area contributed by atoms with Gasteiger partial charge in [0, 0.05) is 17.5 Å². The molecular formula is C12H13ClFNO. The number of halogens is 2. The minimum atomic E-state index is -0.435. The number of hydrogen-bond donors (Lipinski definition) is 1. The van der Waals surface area contributed by atoms with Crippen molar-refractivity contribution in [3.63, 3.8) is 0 Å². The minimum absolute atomic E-state index is 0.0845. The van der Waals surface area contributed by atoms with E-state index in [1.165, 1.54) is 18.2 Å². The maximum absolute atomic E-state index is 13.0. The monoisotopic (exact) mass is 241 g/mol. The van der Waals surface area contributed by atoms with Gasteiger partial charge in [-0.05, 0) is 37.5 Å². The average molecular weight is 242 g/mol. The van der Waals surface area contributed by atoms with Crippen molar-refractivity contribution in [2.75, 3.05) is 0 Å². The van der Waals surface area contributed by atoms with E-state index in [2.05, 4.69) is 0 Å². The molecule has 0 spiro atoms. The highest BCUT2D eigenvalue weighted by Crippen LogP contribution is 2.30. The molecule has 2 unspecified atom stereocenters.